The molecule has 0 unspecified atom stereocenters. The summed E-state index contributed by atoms with van der Waals surface area (Å²) in [7, 11) is 0. The highest BCUT2D eigenvalue weighted by molar-refractivity contribution is 5.94. The third-order valence-electron chi connectivity index (χ3n) is 4.87. The number of rotatable bonds is 5. The first-order valence-electron chi connectivity index (χ1n) is 8.79. The number of aromatic nitrogens is 3. The van der Waals surface area contributed by atoms with Gasteiger partial charge >= 0.3 is 0 Å². The zero-order valence-electron chi connectivity index (χ0n) is 14.2. The monoisotopic (exact) mass is 348 g/mol. The molecule has 26 heavy (non-hydrogen) atoms. The van der Waals surface area contributed by atoms with Gasteiger partial charge in [0.05, 0.1) is 23.3 Å². The van der Waals surface area contributed by atoms with E-state index in [0.717, 1.165) is 11.2 Å². The van der Waals surface area contributed by atoms with Crippen molar-refractivity contribution < 1.29 is 9.90 Å². The smallest absolute Gasteiger partial charge is 0.271 e. The van der Waals surface area contributed by atoms with E-state index in [0.29, 0.717) is 30.5 Å². The number of hydrogen-bond donors (Lipinski definition) is 2. The van der Waals surface area contributed by atoms with Crippen molar-refractivity contribution in [3.05, 3.63) is 66.2 Å². The fourth-order valence-electron chi connectivity index (χ4n) is 3.35. The highest BCUT2D eigenvalue weighted by Gasteiger charge is 2.35. The average molecular weight is 348 g/mol. The molecule has 1 saturated carbocycles. The van der Waals surface area contributed by atoms with E-state index < -0.39 is 0 Å². The molecule has 132 valence electrons. The number of para-hydroxylation sites is 2. The Kier molecular flexibility index (Phi) is 4.58. The minimum absolute atomic E-state index is 0.0888. The number of carbonyl (C=O) groups excluding carboxylic acids is 1. The molecule has 0 bridgehead atoms. The van der Waals surface area contributed by atoms with Crippen molar-refractivity contribution in [2.75, 3.05) is 0 Å². The highest BCUT2D eigenvalue weighted by Crippen LogP contribution is 2.31. The number of aliphatic hydroxyl groups is 1. The number of pyridine rings is 1. The summed E-state index contributed by atoms with van der Waals surface area (Å²) < 4.78 is 0. The van der Waals surface area contributed by atoms with E-state index in [4.69, 9.17) is 0 Å². The Labute approximate surface area is 151 Å². The topological polar surface area (TPSA) is 88.0 Å². The van der Waals surface area contributed by atoms with Crippen LogP contribution in [0.1, 0.15) is 29.0 Å². The third-order valence-corrected chi connectivity index (χ3v) is 4.87. The summed E-state index contributed by atoms with van der Waals surface area (Å²) in [6.45, 7) is 0. The summed E-state index contributed by atoms with van der Waals surface area (Å²) in [6.07, 6.45) is 5.00. The van der Waals surface area contributed by atoms with Gasteiger partial charge < -0.3 is 10.4 Å². The molecular weight excluding hydrogens is 328 g/mol. The number of carbonyl (C=O) groups is 1. The molecule has 4 rings (SSSR count). The lowest BCUT2D eigenvalue weighted by Crippen LogP contribution is -2.48. The molecule has 1 aliphatic rings. The predicted molar refractivity (Wildman–Crippen MR) is 97.5 cm³/mol. The maximum Gasteiger partial charge on any atom is 0.271 e. The lowest BCUT2D eigenvalue weighted by Gasteiger charge is -2.38. The van der Waals surface area contributed by atoms with Gasteiger partial charge in [0, 0.05) is 24.4 Å². The molecule has 2 aromatic heterocycles. The Bertz CT molecular complexity index is 910. The van der Waals surface area contributed by atoms with Gasteiger partial charge in [-0.2, -0.15) is 0 Å². The zero-order valence-corrected chi connectivity index (χ0v) is 14.2. The van der Waals surface area contributed by atoms with Crippen LogP contribution in [0.25, 0.3) is 11.0 Å². The number of aliphatic hydroxyl groups excluding tert-OH is 1. The maximum atomic E-state index is 12.7. The molecule has 2 N–H and O–H groups in total. The molecule has 3 aromatic rings. The van der Waals surface area contributed by atoms with Crippen molar-refractivity contribution in [3.63, 3.8) is 0 Å². The van der Waals surface area contributed by atoms with E-state index in [2.05, 4.69) is 20.3 Å². The van der Waals surface area contributed by atoms with E-state index in [1.54, 1.807) is 6.20 Å². The van der Waals surface area contributed by atoms with Crippen LogP contribution >= 0.6 is 0 Å². The second-order valence-corrected chi connectivity index (χ2v) is 6.73. The lowest BCUT2D eigenvalue weighted by atomic mass is 9.76. The van der Waals surface area contributed by atoms with E-state index in [9.17, 15) is 9.90 Å². The number of amides is 1. The summed E-state index contributed by atoms with van der Waals surface area (Å²) in [6, 6.07) is 13.1. The summed E-state index contributed by atoms with van der Waals surface area (Å²) in [4.78, 5) is 25.8. The molecule has 1 amide bonds. The predicted octanol–water partition coefficient (Wildman–Crippen LogP) is 2.14. The van der Waals surface area contributed by atoms with Crippen molar-refractivity contribution in [1.29, 1.82) is 0 Å². The van der Waals surface area contributed by atoms with E-state index in [1.807, 2.05) is 42.5 Å². The first kappa shape index (κ1) is 16.6. The van der Waals surface area contributed by atoms with Gasteiger partial charge in [-0.05, 0) is 43.0 Å². The van der Waals surface area contributed by atoms with Crippen LogP contribution in [-0.4, -0.2) is 38.1 Å². The minimum Gasteiger partial charge on any atom is -0.393 e. The van der Waals surface area contributed by atoms with Crippen molar-refractivity contribution in [3.8, 4) is 0 Å². The molecule has 2 heterocycles. The summed E-state index contributed by atoms with van der Waals surface area (Å²) in [5, 5.41) is 12.7. The van der Waals surface area contributed by atoms with Crippen LogP contribution in [0, 0.1) is 5.92 Å². The molecule has 0 aliphatic heterocycles. The summed E-state index contributed by atoms with van der Waals surface area (Å²) >= 11 is 0. The molecule has 1 aliphatic carbocycles. The Morgan fingerprint density at radius 1 is 1.12 bits per heavy atom. The lowest BCUT2D eigenvalue weighted by molar-refractivity contribution is 0.0237. The van der Waals surface area contributed by atoms with Crippen LogP contribution in [0.15, 0.2) is 54.9 Å². The van der Waals surface area contributed by atoms with Crippen LogP contribution in [0.5, 0.6) is 0 Å². The van der Waals surface area contributed by atoms with Gasteiger partial charge in [0.2, 0.25) is 0 Å². The zero-order chi connectivity index (χ0) is 17.9. The van der Waals surface area contributed by atoms with Crippen molar-refractivity contribution >= 4 is 16.9 Å². The fourth-order valence-corrected chi connectivity index (χ4v) is 3.35. The van der Waals surface area contributed by atoms with Crippen molar-refractivity contribution in [2.45, 2.75) is 31.4 Å². The van der Waals surface area contributed by atoms with Crippen molar-refractivity contribution in [1.82, 2.24) is 20.3 Å². The molecule has 1 atom stereocenters. The van der Waals surface area contributed by atoms with Crippen molar-refractivity contribution in [2.24, 2.45) is 5.92 Å². The Hall–Kier alpha value is -2.86. The van der Waals surface area contributed by atoms with Crippen LogP contribution < -0.4 is 5.32 Å². The Morgan fingerprint density at radius 3 is 2.62 bits per heavy atom. The molecule has 6 nitrogen and oxygen atoms in total. The quantitative estimate of drug-likeness (QED) is 0.737. The van der Waals surface area contributed by atoms with Gasteiger partial charge in [-0.1, -0.05) is 18.2 Å². The maximum absolute atomic E-state index is 12.7. The van der Waals surface area contributed by atoms with Gasteiger partial charge in [-0.15, -0.1) is 0 Å². The normalized spacial score (nSPS) is 20.3. The standard InChI is InChI=1S/C20H20N4O2/c25-15-9-13(10-15)18(11-14-5-3-4-8-21-14)24-20(26)19-12-22-16-6-1-2-7-17(16)23-19/h1-8,12-13,15,18,25H,9-11H2,(H,24,26)/t13?,15?,18-/m1/s1. The Morgan fingerprint density at radius 2 is 1.88 bits per heavy atom. The first-order chi connectivity index (χ1) is 12.7. The van der Waals surface area contributed by atoms with Gasteiger partial charge in [0.15, 0.2) is 0 Å². The molecule has 1 aromatic carbocycles. The average Bonchev–Trinajstić information content (AvgIpc) is 2.65. The summed E-state index contributed by atoms with van der Waals surface area (Å²) in [5.41, 5.74) is 2.68. The number of nitrogens with one attached hydrogen (secondary N) is 1. The molecule has 0 saturated heterocycles. The second kappa shape index (κ2) is 7.17. The number of hydrogen-bond acceptors (Lipinski definition) is 5. The molecule has 1 fully saturated rings. The van der Waals surface area contributed by atoms with Crippen LogP contribution in [0.2, 0.25) is 0 Å². The van der Waals surface area contributed by atoms with Gasteiger partial charge in [0.25, 0.3) is 5.91 Å². The second-order valence-electron chi connectivity index (χ2n) is 6.73. The highest BCUT2D eigenvalue weighted by atomic mass is 16.3. The minimum atomic E-state index is -0.274. The molecule has 0 radical (unpaired) electrons. The van der Waals surface area contributed by atoms with Gasteiger partial charge in [0.1, 0.15) is 5.69 Å². The number of benzene rings is 1. The SMILES string of the molecule is O=C(N[C@H](Cc1ccccn1)C1CC(O)C1)c1cnc2ccccc2n1. The largest absolute Gasteiger partial charge is 0.393 e. The molecular formula is C20H20N4O2. The fraction of sp³-hybridized carbons (Fsp3) is 0.300. The van der Waals surface area contributed by atoms with Gasteiger partial charge in [-0.25, -0.2) is 4.98 Å². The molecule has 0 spiro atoms. The molecule has 6 heteroatoms. The first-order valence-corrected chi connectivity index (χ1v) is 8.79. The number of nitrogens with zero attached hydrogens (tertiary/aromatic N) is 3. The van der Waals surface area contributed by atoms with Crippen LogP contribution in [-0.2, 0) is 6.42 Å². The van der Waals surface area contributed by atoms with Crippen LogP contribution in [0.4, 0.5) is 0 Å². The number of fused-ring (bicyclic) bond motifs is 1. The van der Waals surface area contributed by atoms with E-state index >= 15 is 0 Å². The third kappa shape index (κ3) is 3.55. The van der Waals surface area contributed by atoms with Crippen LogP contribution in [0.3, 0.4) is 0 Å². The van der Waals surface area contributed by atoms with Gasteiger partial charge in [-0.3, -0.25) is 14.8 Å². The van der Waals surface area contributed by atoms with E-state index in [1.165, 1.54) is 6.20 Å². The summed E-state index contributed by atoms with van der Waals surface area (Å²) in [5.74, 6) is -0.00468. The Balaban J connectivity index is 1.52. The van der Waals surface area contributed by atoms with E-state index in [-0.39, 0.29) is 24.0 Å².